The van der Waals surface area contributed by atoms with Crippen LogP contribution in [0.4, 0.5) is 0 Å². The van der Waals surface area contributed by atoms with E-state index in [1.807, 2.05) is 0 Å². The van der Waals surface area contributed by atoms with Crippen LogP contribution in [-0.4, -0.2) is 6.16 Å². The fraction of sp³-hybridized carbons (Fsp3) is 1.00. The average molecular weight is 92.1 g/mol. The van der Waals surface area contributed by atoms with Crippen molar-refractivity contribution < 1.29 is 0 Å². The van der Waals surface area contributed by atoms with Crippen molar-refractivity contribution in [2.75, 3.05) is 6.16 Å². The molecule has 0 fully saturated rings. The van der Waals surface area contributed by atoms with Crippen LogP contribution in [-0.2, 0) is 0 Å². The summed E-state index contributed by atoms with van der Waals surface area (Å²) in [5, 5.41) is 0. The summed E-state index contributed by atoms with van der Waals surface area (Å²) in [6.07, 6.45) is 4.31. The van der Waals surface area contributed by atoms with E-state index in [9.17, 15) is 0 Å². The number of rotatable bonds is 2. The van der Waals surface area contributed by atoms with E-state index in [1.54, 1.807) is 0 Å². The summed E-state index contributed by atoms with van der Waals surface area (Å²) in [6, 6.07) is 0. The molecular formula is C4H13P. The monoisotopic (exact) mass is 92.1 g/mol. The maximum atomic E-state index is 2.23. The summed E-state index contributed by atoms with van der Waals surface area (Å²) in [4.78, 5) is 0. The Hall–Kier alpha value is 0.430. The van der Waals surface area contributed by atoms with Crippen LogP contribution in [0.2, 0.25) is 0 Å². The van der Waals surface area contributed by atoms with Crippen LogP contribution >= 0.6 is 9.24 Å². The van der Waals surface area contributed by atoms with Gasteiger partial charge < -0.3 is 0 Å². The Morgan fingerprint density at radius 3 is 2.20 bits per heavy atom. The average Bonchev–Trinajstić information content (AvgIpc) is 1.41. The molecule has 0 rings (SSSR count). The van der Waals surface area contributed by atoms with E-state index in [-0.39, 0.29) is 0 Å². The summed E-state index contributed by atoms with van der Waals surface area (Å²) in [5.41, 5.74) is 0. The Morgan fingerprint density at radius 2 is 2.20 bits per heavy atom. The van der Waals surface area contributed by atoms with Gasteiger partial charge in [-0.3, -0.25) is 0 Å². The van der Waals surface area contributed by atoms with Crippen molar-refractivity contribution in [2.24, 2.45) is 0 Å². The van der Waals surface area contributed by atoms with Gasteiger partial charge in [0.2, 0.25) is 0 Å². The molecule has 0 aliphatic rings. The molecule has 0 saturated heterocycles. The van der Waals surface area contributed by atoms with Crippen molar-refractivity contribution in [1.82, 2.24) is 0 Å². The first-order valence-electron chi connectivity index (χ1n) is 2.41. The molecule has 0 aliphatic heterocycles. The number of hydrogen-bond donors (Lipinski definition) is 0. The third kappa shape index (κ3) is 4.43. The third-order valence-electron chi connectivity index (χ3n) is 0.707. The first-order chi connectivity index (χ1) is 2.41. The van der Waals surface area contributed by atoms with Gasteiger partial charge in [-0.1, -0.05) is 0 Å². The molecule has 0 heterocycles. The van der Waals surface area contributed by atoms with Gasteiger partial charge in [0.15, 0.2) is 0 Å². The molecule has 0 aromatic carbocycles. The van der Waals surface area contributed by atoms with Gasteiger partial charge in [0.1, 0.15) is 0 Å². The van der Waals surface area contributed by atoms with Crippen molar-refractivity contribution in [3.05, 3.63) is 0 Å². The van der Waals surface area contributed by atoms with Gasteiger partial charge in [0.05, 0.1) is 0 Å². The summed E-state index contributed by atoms with van der Waals surface area (Å²) in [6.45, 7) is 2.23. The SMILES string of the molecule is CCCC[PH4]. The Bertz CT molecular complexity index is 11.1. The van der Waals surface area contributed by atoms with E-state index in [2.05, 4.69) is 6.92 Å². The Balaban J connectivity index is 2.19. The molecule has 0 N–H and O–H groups in total. The zero-order valence-electron chi connectivity index (χ0n) is 4.12. The Labute approximate surface area is 36.2 Å². The van der Waals surface area contributed by atoms with Crippen LogP contribution in [0.15, 0.2) is 0 Å². The standard InChI is InChI=1S/C4H13P/c1-2-3-4-5/h2-4H2,1H3,5H4. The van der Waals surface area contributed by atoms with Crippen LogP contribution < -0.4 is 0 Å². The van der Waals surface area contributed by atoms with Crippen LogP contribution in [0.25, 0.3) is 0 Å². The molecule has 0 aliphatic carbocycles. The fourth-order valence-corrected chi connectivity index (χ4v) is 1.06. The predicted molar refractivity (Wildman–Crippen MR) is 32.3 cm³/mol. The van der Waals surface area contributed by atoms with Gasteiger partial charge in [-0.05, 0) is 0 Å². The Kier molecular flexibility index (Phi) is 4.81. The van der Waals surface area contributed by atoms with Crippen LogP contribution in [0.1, 0.15) is 19.8 Å². The van der Waals surface area contributed by atoms with Gasteiger partial charge >= 0.3 is 35.2 Å². The molecule has 1 heteroatoms. The molecule has 34 valence electrons. The molecule has 0 nitrogen and oxygen atoms in total. The summed E-state index contributed by atoms with van der Waals surface area (Å²) in [5.74, 6) is 0. The van der Waals surface area contributed by atoms with E-state index in [0.717, 1.165) is 0 Å². The predicted octanol–water partition coefficient (Wildman–Crippen LogP) is 1.13. The second-order valence-electron chi connectivity index (χ2n) is 1.35. The van der Waals surface area contributed by atoms with E-state index in [0.29, 0.717) is 0 Å². The fourth-order valence-electron chi connectivity index (χ4n) is 0.354. The summed E-state index contributed by atoms with van der Waals surface area (Å²) >= 11 is 0. The van der Waals surface area contributed by atoms with Gasteiger partial charge in [0, 0.05) is 0 Å². The minimum absolute atomic E-state index is 1.38. The van der Waals surface area contributed by atoms with Crippen molar-refractivity contribution in [3.8, 4) is 0 Å². The normalized spacial score (nSPS) is 8.60. The summed E-state index contributed by atoms with van der Waals surface area (Å²) < 4.78 is 0. The van der Waals surface area contributed by atoms with E-state index >= 15 is 0 Å². The third-order valence-corrected chi connectivity index (χ3v) is 1.41. The molecule has 0 aromatic rings. The van der Waals surface area contributed by atoms with Gasteiger partial charge in [-0.2, -0.15) is 0 Å². The van der Waals surface area contributed by atoms with Crippen molar-refractivity contribution in [2.45, 2.75) is 19.8 Å². The zero-order chi connectivity index (χ0) is 4.12. The van der Waals surface area contributed by atoms with Crippen LogP contribution in [0.3, 0.4) is 0 Å². The summed E-state index contributed by atoms with van der Waals surface area (Å²) in [7, 11) is 1.40. The minimum atomic E-state index is 1.38. The molecule has 0 unspecified atom stereocenters. The quantitative estimate of drug-likeness (QED) is 0.448. The molecule has 0 bridgehead atoms. The number of unbranched alkanes of at least 4 members (excludes halogenated alkanes) is 1. The second kappa shape index (κ2) is 4.43. The van der Waals surface area contributed by atoms with Crippen LogP contribution in [0.5, 0.6) is 0 Å². The van der Waals surface area contributed by atoms with Gasteiger partial charge in [0.25, 0.3) is 0 Å². The van der Waals surface area contributed by atoms with Gasteiger partial charge in [-0.15, -0.1) is 0 Å². The maximum absolute atomic E-state index is 2.23. The second-order valence-corrected chi connectivity index (χ2v) is 2.35. The molecule has 0 spiro atoms. The van der Waals surface area contributed by atoms with Crippen molar-refractivity contribution in [3.63, 3.8) is 0 Å². The molecule has 5 heavy (non-hydrogen) atoms. The number of hydrogen-bond acceptors (Lipinski definition) is 0. The molecule has 0 saturated carbocycles. The van der Waals surface area contributed by atoms with Gasteiger partial charge in [-0.25, -0.2) is 0 Å². The van der Waals surface area contributed by atoms with Crippen LogP contribution in [0, 0.1) is 0 Å². The molecule has 0 atom stereocenters. The van der Waals surface area contributed by atoms with E-state index in [1.165, 1.54) is 28.2 Å². The molecule has 0 radical (unpaired) electrons. The van der Waals surface area contributed by atoms with E-state index in [4.69, 9.17) is 0 Å². The van der Waals surface area contributed by atoms with E-state index < -0.39 is 0 Å². The van der Waals surface area contributed by atoms with Crippen molar-refractivity contribution in [1.29, 1.82) is 0 Å². The Morgan fingerprint density at radius 1 is 1.60 bits per heavy atom. The topological polar surface area (TPSA) is 0 Å². The first-order valence-corrected chi connectivity index (χ1v) is 3.83. The first kappa shape index (κ1) is 5.43. The molecular weight excluding hydrogens is 79.0 g/mol. The van der Waals surface area contributed by atoms with Crippen molar-refractivity contribution >= 4 is 9.24 Å². The molecule has 0 amide bonds. The molecule has 0 aromatic heterocycles. The zero-order valence-corrected chi connectivity index (χ0v) is 6.12.